The number of aromatic nitrogens is 3. The Morgan fingerprint density at radius 3 is 3.17 bits per heavy atom. The number of hydrogen-bond acceptors (Lipinski definition) is 5. The van der Waals surface area contributed by atoms with E-state index < -0.39 is 5.97 Å². The van der Waals surface area contributed by atoms with E-state index in [1.165, 1.54) is 16.7 Å². The summed E-state index contributed by atoms with van der Waals surface area (Å²) in [6.07, 6.45) is 3.41. The molecule has 0 saturated heterocycles. The first-order valence-corrected chi connectivity index (χ1v) is 5.88. The van der Waals surface area contributed by atoms with E-state index in [2.05, 4.69) is 19.9 Å². The standard InChI is InChI=1S/C11H6FN3O2S/c12-17-11(16)8-5-18-10(15-8)7-2-4-14-9-6(7)1-3-13-9/h1-5H,(H,13,14). The third-order valence-corrected chi connectivity index (χ3v) is 3.35. The van der Waals surface area contributed by atoms with Crippen molar-refractivity contribution in [3.05, 3.63) is 35.6 Å². The minimum atomic E-state index is -1.09. The van der Waals surface area contributed by atoms with Crippen LogP contribution in [0.1, 0.15) is 10.5 Å². The smallest absolute Gasteiger partial charge is 0.346 e. The second-order valence-electron chi connectivity index (χ2n) is 3.50. The molecule has 0 atom stereocenters. The Kier molecular flexibility index (Phi) is 2.52. The van der Waals surface area contributed by atoms with Crippen molar-refractivity contribution < 1.29 is 14.3 Å². The largest absolute Gasteiger partial charge is 0.398 e. The predicted octanol–water partition coefficient (Wildman–Crippen LogP) is 2.73. The second kappa shape index (κ2) is 4.19. The number of H-pyrrole nitrogens is 1. The average molecular weight is 263 g/mol. The van der Waals surface area contributed by atoms with Crippen LogP contribution in [0.3, 0.4) is 0 Å². The SMILES string of the molecule is O=C(OF)c1csc(-c2ccnc3[nH]ccc23)n1. The van der Waals surface area contributed by atoms with E-state index in [1.54, 1.807) is 18.5 Å². The van der Waals surface area contributed by atoms with Crippen LogP contribution in [0.4, 0.5) is 4.53 Å². The topological polar surface area (TPSA) is 67.9 Å². The molecule has 3 rings (SSSR count). The van der Waals surface area contributed by atoms with Gasteiger partial charge in [-0.25, -0.2) is 19.7 Å². The van der Waals surface area contributed by atoms with Crippen molar-refractivity contribution in [3.8, 4) is 10.6 Å². The van der Waals surface area contributed by atoms with Crippen LogP contribution in [0.2, 0.25) is 0 Å². The monoisotopic (exact) mass is 263 g/mol. The molecule has 90 valence electrons. The minimum absolute atomic E-state index is 0.0435. The summed E-state index contributed by atoms with van der Waals surface area (Å²) in [5.74, 6) is -1.09. The van der Waals surface area contributed by atoms with E-state index in [-0.39, 0.29) is 5.69 Å². The quantitative estimate of drug-likeness (QED) is 0.771. The van der Waals surface area contributed by atoms with E-state index in [0.717, 1.165) is 16.6 Å². The molecule has 0 saturated carbocycles. The predicted molar refractivity (Wildman–Crippen MR) is 63.7 cm³/mol. The van der Waals surface area contributed by atoms with Crippen molar-refractivity contribution in [2.24, 2.45) is 0 Å². The van der Waals surface area contributed by atoms with Crippen molar-refractivity contribution in [1.82, 2.24) is 15.0 Å². The van der Waals surface area contributed by atoms with Gasteiger partial charge in [0.25, 0.3) is 0 Å². The molecule has 0 radical (unpaired) electrons. The van der Waals surface area contributed by atoms with E-state index in [1.807, 2.05) is 6.07 Å². The third kappa shape index (κ3) is 1.65. The number of pyridine rings is 1. The normalized spacial score (nSPS) is 10.7. The Balaban J connectivity index is 2.12. The van der Waals surface area contributed by atoms with Crippen LogP contribution in [-0.4, -0.2) is 20.9 Å². The lowest BCUT2D eigenvalue weighted by atomic mass is 10.2. The molecule has 3 aromatic heterocycles. The molecule has 3 heterocycles. The van der Waals surface area contributed by atoms with Crippen LogP contribution in [-0.2, 0) is 4.94 Å². The van der Waals surface area contributed by atoms with Gasteiger partial charge in [-0.05, 0) is 12.1 Å². The van der Waals surface area contributed by atoms with Crippen LogP contribution in [0.5, 0.6) is 0 Å². The van der Waals surface area contributed by atoms with Gasteiger partial charge in [0.15, 0.2) is 5.69 Å². The molecule has 0 aliphatic heterocycles. The van der Waals surface area contributed by atoms with Gasteiger partial charge in [-0.2, -0.15) is 0 Å². The molecule has 0 aromatic carbocycles. The molecule has 0 aliphatic carbocycles. The van der Waals surface area contributed by atoms with E-state index in [4.69, 9.17) is 0 Å². The Labute approximate surface area is 104 Å². The number of carbonyl (C=O) groups excluding carboxylic acids is 1. The minimum Gasteiger partial charge on any atom is -0.346 e. The number of rotatable bonds is 2. The fourth-order valence-electron chi connectivity index (χ4n) is 1.68. The number of halogens is 1. The molecule has 0 fully saturated rings. The molecule has 7 heteroatoms. The molecule has 0 aliphatic rings. The number of fused-ring (bicyclic) bond motifs is 1. The van der Waals surface area contributed by atoms with E-state index in [0.29, 0.717) is 5.01 Å². The van der Waals surface area contributed by atoms with Crippen molar-refractivity contribution in [3.63, 3.8) is 0 Å². The van der Waals surface area contributed by atoms with E-state index in [9.17, 15) is 9.32 Å². The van der Waals surface area contributed by atoms with Crippen LogP contribution in [0.25, 0.3) is 21.6 Å². The molecular formula is C11H6FN3O2S. The number of hydrogen-bond donors (Lipinski definition) is 1. The molecule has 1 N–H and O–H groups in total. The maximum absolute atomic E-state index is 11.8. The molecule has 0 bridgehead atoms. The average Bonchev–Trinajstić information content (AvgIpc) is 3.05. The highest BCUT2D eigenvalue weighted by Gasteiger charge is 2.15. The first kappa shape index (κ1) is 10.8. The summed E-state index contributed by atoms with van der Waals surface area (Å²) < 4.78 is 11.8. The van der Waals surface area contributed by atoms with Gasteiger partial charge in [0.05, 0.1) is 0 Å². The Bertz CT molecular complexity index is 722. The highest BCUT2D eigenvalue weighted by Crippen LogP contribution is 2.29. The number of carbonyl (C=O) groups is 1. The van der Waals surface area contributed by atoms with Crippen LogP contribution in [0, 0.1) is 0 Å². The van der Waals surface area contributed by atoms with Gasteiger partial charge < -0.3 is 4.98 Å². The van der Waals surface area contributed by atoms with Crippen molar-refractivity contribution >= 4 is 28.3 Å². The first-order chi connectivity index (χ1) is 8.79. The molecule has 0 spiro atoms. The van der Waals surface area contributed by atoms with Gasteiger partial charge in [-0.15, -0.1) is 11.3 Å². The van der Waals surface area contributed by atoms with Crippen molar-refractivity contribution in [2.75, 3.05) is 0 Å². The zero-order chi connectivity index (χ0) is 12.5. The summed E-state index contributed by atoms with van der Waals surface area (Å²) in [4.78, 5) is 25.3. The van der Waals surface area contributed by atoms with Crippen LogP contribution in [0.15, 0.2) is 29.9 Å². The summed E-state index contributed by atoms with van der Waals surface area (Å²) in [7, 11) is 0. The highest BCUT2D eigenvalue weighted by molar-refractivity contribution is 7.13. The lowest BCUT2D eigenvalue weighted by Crippen LogP contribution is -1.98. The zero-order valence-electron chi connectivity index (χ0n) is 8.88. The Morgan fingerprint density at radius 1 is 1.44 bits per heavy atom. The third-order valence-electron chi connectivity index (χ3n) is 2.47. The van der Waals surface area contributed by atoms with Crippen molar-refractivity contribution in [1.29, 1.82) is 0 Å². The Morgan fingerprint density at radius 2 is 2.33 bits per heavy atom. The summed E-state index contributed by atoms with van der Waals surface area (Å²) in [5.41, 5.74) is 1.53. The lowest BCUT2D eigenvalue weighted by molar-refractivity contribution is -0.0792. The summed E-state index contributed by atoms with van der Waals surface area (Å²) in [6.45, 7) is 0. The van der Waals surface area contributed by atoms with Crippen LogP contribution < -0.4 is 0 Å². The molecule has 3 aromatic rings. The zero-order valence-corrected chi connectivity index (χ0v) is 9.70. The van der Waals surface area contributed by atoms with Gasteiger partial charge in [-0.3, -0.25) is 0 Å². The number of thiazole rings is 1. The van der Waals surface area contributed by atoms with Crippen LogP contribution >= 0.6 is 11.3 Å². The molecule has 0 unspecified atom stereocenters. The second-order valence-corrected chi connectivity index (χ2v) is 4.36. The van der Waals surface area contributed by atoms with Gasteiger partial charge >= 0.3 is 5.97 Å². The van der Waals surface area contributed by atoms with E-state index >= 15 is 0 Å². The van der Waals surface area contributed by atoms with Gasteiger partial charge in [0.1, 0.15) is 10.7 Å². The first-order valence-electron chi connectivity index (χ1n) is 5.00. The lowest BCUT2D eigenvalue weighted by Gasteiger charge is -1.97. The van der Waals surface area contributed by atoms with Gasteiger partial charge in [0, 0.05) is 33.2 Å². The molecular weight excluding hydrogens is 257 g/mol. The maximum Gasteiger partial charge on any atom is 0.398 e. The van der Waals surface area contributed by atoms with Crippen molar-refractivity contribution in [2.45, 2.75) is 0 Å². The number of aromatic amines is 1. The summed E-state index contributed by atoms with van der Waals surface area (Å²) in [5, 5.41) is 2.96. The fraction of sp³-hybridized carbons (Fsp3) is 0. The number of nitrogens with one attached hydrogen (secondary N) is 1. The maximum atomic E-state index is 11.8. The molecule has 5 nitrogen and oxygen atoms in total. The Hall–Kier alpha value is -2.28. The summed E-state index contributed by atoms with van der Waals surface area (Å²) >= 11 is 1.24. The highest BCUT2D eigenvalue weighted by atomic mass is 32.1. The number of nitrogens with zero attached hydrogens (tertiary/aromatic N) is 2. The molecule has 18 heavy (non-hydrogen) atoms. The molecule has 0 amide bonds. The summed E-state index contributed by atoms with van der Waals surface area (Å²) in [6, 6.07) is 3.66. The van der Waals surface area contributed by atoms with Gasteiger partial charge in [-0.1, -0.05) is 0 Å². The van der Waals surface area contributed by atoms with Gasteiger partial charge in [0.2, 0.25) is 0 Å². The fourth-order valence-corrected chi connectivity index (χ4v) is 2.51.